The van der Waals surface area contributed by atoms with E-state index in [2.05, 4.69) is 26.9 Å². The topological polar surface area (TPSA) is 12.9 Å². The first kappa shape index (κ1) is 6.36. The monoisotopic (exact) mass is 325 g/mol. The van der Waals surface area contributed by atoms with Gasteiger partial charge in [-0.05, 0) is 0 Å². The fraction of sp³-hybridized carbons (Fsp3) is 0. The van der Waals surface area contributed by atoms with Gasteiger partial charge in [-0.1, -0.05) is 0 Å². The molecule has 1 aliphatic heterocycles. The van der Waals surface area contributed by atoms with Crippen molar-refractivity contribution in [2.75, 3.05) is 0 Å². The summed E-state index contributed by atoms with van der Waals surface area (Å²) in [7, 11) is 0. The van der Waals surface area contributed by atoms with Crippen LogP contribution in [-0.2, 0) is 0 Å². The minimum absolute atomic E-state index is 0.461. The Hall–Kier alpha value is -0.357. The van der Waals surface area contributed by atoms with Gasteiger partial charge in [0.2, 0.25) is 0 Å². The maximum absolute atomic E-state index is 4.26. The van der Waals surface area contributed by atoms with Gasteiger partial charge in [-0.15, -0.1) is 0 Å². The summed E-state index contributed by atoms with van der Waals surface area (Å²) in [6.07, 6.45) is 6.07. The van der Waals surface area contributed by atoms with E-state index in [0.29, 0.717) is 0 Å². The zero-order valence-corrected chi connectivity index (χ0v) is 8.84. The van der Waals surface area contributed by atoms with E-state index in [-0.39, 0.29) is 0 Å². The summed E-state index contributed by atoms with van der Waals surface area (Å²) in [4.78, 5) is 4.26. The van der Waals surface area contributed by atoms with Crippen LogP contribution in [0.15, 0.2) is 24.4 Å². The normalized spacial score (nSPS) is 13.2. The van der Waals surface area contributed by atoms with E-state index in [1.807, 2.05) is 12.3 Å². The molecule has 1 aromatic heterocycles. The molecular weight excluding hydrogens is 319 g/mol. The molecule has 0 unspecified atom stereocenters. The summed E-state index contributed by atoms with van der Waals surface area (Å²) in [5.74, 6) is 0. The average molecular weight is 325 g/mol. The third kappa shape index (κ3) is 1.08. The Kier molecular flexibility index (Phi) is 1.73. The first-order chi connectivity index (χ1) is 4.97. The number of hydrogen-bond acceptors (Lipinski definition) is 1. The molecule has 1 nitrogen and oxygen atoms in total. The van der Waals surface area contributed by atoms with Gasteiger partial charge < -0.3 is 0 Å². The second kappa shape index (κ2) is 2.71. The van der Waals surface area contributed by atoms with Crippen LogP contribution in [0.3, 0.4) is 0 Å². The fourth-order valence-corrected chi connectivity index (χ4v) is 3.90. The molecule has 0 radical (unpaired) electrons. The molecular formula is C8H6BiN. The van der Waals surface area contributed by atoms with Crippen LogP contribution < -0.4 is 3.27 Å². The van der Waals surface area contributed by atoms with Gasteiger partial charge in [0.25, 0.3) is 0 Å². The first-order valence-corrected chi connectivity index (χ1v) is 6.87. The molecule has 0 fully saturated rings. The molecule has 0 amide bonds. The average Bonchev–Trinajstić information content (AvgIpc) is 2.05. The summed E-state index contributed by atoms with van der Waals surface area (Å²) in [6.45, 7) is 0. The van der Waals surface area contributed by atoms with E-state index in [1.165, 1.54) is 8.97 Å². The van der Waals surface area contributed by atoms with E-state index in [1.54, 1.807) is 0 Å². The van der Waals surface area contributed by atoms with Gasteiger partial charge in [0, 0.05) is 0 Å². The van der Waals surface area contributed by atoms with Crippen molar-refractivity contribution in [1.82, 2.24) is 4.98 Å². The Morgan fingerprint density at radius 2 is 2.40 bits per heavy atom. The van der Waals surface area contributed by atoms with Crippen molar-refractivity contribution in [3.05, 3.63) is 30.1 Å². The van der Waals surface area contributed by atoms with Gasteiger partial charge in [0.15, 0.2) is 0 Å². The number of aromatic nitrogens is 1. The van der Waals surface area contributed by atoms with Gasteiger partial charge in [0.05, 0.1) is 0 Å². The third-order valence-corrected chi connectivity index (χ3v) is 5.17. The van der Waals surface area contributed by atoms with Crippen LogP contribution in [0.5, 0.6) is 0 Å². The fourth-order valence-electron chi connectivity index (χ4n) is 0.904. The second-order valence-electron chi connectivity index (χ2n) is 2.05. The molecule has 1 aliphatic rings. The summed E-state index contributed by atoms with van der Waals surface area (Å²) in [5.41, 5.74) is 1.20. The number of fused-ring (bicyclic) bond motifs is 1. The van der Waals surface area contributed by atoms with Crippen LogP contribution in [0.25, 0.3) is 6.08 Å². The zero-order valence-electron chi connectivity index (χ0n) is 5.36. The van der Waals surface area contributed by atoms with Gasteiger partial charge in [-0.3, -0.25) is 0 Å². The SMILES string of the molecule is C1=Cc2nccc[c]2[Bi]=[CH]1. The number of allylic oxidation sites excluding steroid dienone is 1. The zero-order chi connectivity index (χ0) is 6.81. The molecule has 0 N–H and O–H groups in total. The third-order valence-electron chi connectivity index (χ3n) is 1.37. The Bertz CT molecular complexity index is 271. The predicted molar refractivity (Wildman–Crippen MR) is 44.7 cm³/mol. The van der Waals surface area contributed by atoms with Crippen LogP contribution in [0.1, 0.15) is 5.69 Å². The van der Waals surface area contributed by atoms with E-state index >= 15 is 0 Å². The molecule has 0 spiro atoms. The van der Waals surface area contributed by atoms with Crippen molar-refractivity contribution in [2.45, 2.75) is 0 Å². The summed E-state index contributed by atoms with van der Waals surface area (Å²) in [6, 6.07) is 4.22. The van der Waals surface area contributed by atoms with Gasteiger partial charge in [-0.2, -0.15) is 0 Å². The summed E-state index contributed by atoms with van der Waals surface area (Å²) >= 11 is -0.461. The number of nitrogens with zero attached hydrogens (tertiary/aromatic N) is 1. The van der Waals surface area contributed by atoms with Crippen LogP contribution in [0.4, 0.5) is 0 Å². The molecule has 2 rings (SSSR count). The first-order valence-electron chi connectivity index (χ1n) is 3.12. The van der Waals surface area contributed by atoms with E-state index in [0.717, 1.165) is 0 Å². The Balaban J connectivity index is 2.65. The number of rotatable bonds is 0. The molecule has 1 aromatic rings. The van der Waals surface area contributed by atoms with E-state index in [4.69, 9.17) is 0 Å². The summed E-state index contributed by atoms with van der Waals surface area (Å²) in [5, 5.41) is 0. The van der Waals surface area contributed by atoms with Crippen LogP contribution in [0, 0.1) is 0 Å². The molecule has 0 atom stereocenters. The quantitative estimate of drug-likeness (QED) is 0.623. The Morgan fingerprint density at radius 1 is 1.40 bits per heavy atom. The molecule has 0 aliphatic carbocycles. The van der Waals surface area contributed by atoms with Crippen molar-refractivity contribution in [3.8, 4) is 0 Å². The van der Waals surface area contributed by atoms with Crippen molar-refractivity contribution < 1.29 is 0 Å². The van der Waals surface area contributed by atoms with Crippen molar-refractivity contribution in [3.63, 3.8) is 0 Å². The van der Waals surface area contributed by atoms with Crippen molar-refractivity contribution >= 4 is 35.8 Å². The molecule has 2 heterocycles. The second-order valence-corrected chi connectivity index (χ2v) is 6.08. The molecule has 2 heteroatoms. The van der Waals surface area contributed by atoms with Gasteiger partial charge >= 0.3 is 70.9 Å². The molecule has 0 bridgehead atoms. The Morgan fingerprint density at radius 3 is 3.30 bits per heavy atom. The molecule has 48 valence electrons. The molecule has 0 aromatic carbocycles. The Labute approximate surface area is 70.8 Å². The van der Waals surface area contributed by atoms with E-state index < -0.39 is 22.8 Å². The standard InChI is InChI=1S/C8H6N.Bi/c1-2-5-8-6-3-4-7-9-8;/h1-5,7H;. The van der Waals surface area contributed by atoms with Gasteiger partial charge in [-0.25, -0.2) is 0 Å². The molecule has 10 heavy (non-hydrogen) atoms. The number of hydrogen-bond donors (Lipinski definition) is 0. The summed E-state index contributed by atoms with van der Waals surface area (Å²) < 4.78 is 3.83. The molecule has 0 saturated carbocycles. The predicted octanol–water partition coefficient (Wildman–Crippen LogP) is 0.240. The minimum atomic E-state index is -0.461. The van der Waals surface area contributed by atoms with Crippen LogP contribution in [-0.4, -0.2) is 31.4 Å². The van der Waals surface area contributed by atoms with Gasteiger partial charge in [0.1, 0.15) is 0 Å². The van der Waals surface area contributed by atoms with Crippen molar-refractivity contribution in [2.24, 2.45) is 0 Å². The van der Waals surface area contributed by atoms with Crippen molar-refractivity contribution in [1.29, 1.82) is 0 Å². The number of pyridine rings is 1. The molecule has 0 saturated heterocycles. The van der Waals surface area contributed by atoms with Crippen LogP contribution >= 0.6 is 0 Å². The van der Waals surface area contributed by atoms with Crippen LogP contribution in [0.2, 0.25) is 0 Å². The maximum atomic E-state index is 4.26. The van der Waals surface area contributed by atoms with E-state index in [9.17, 15) is 0 Å².